The van der Waals surface area contributed by atoms with Crippen LogP contribution in [-0.2, 0) is 0 Å². The van der Waals surface area contributed by atoms with E-state index >= 15 is 0 Å². The van der Waals surface area contributed by atoms with Gasteiger partial charge >= 0.3 is 0 Å². The van der Waals surface area contributed by atoms with Crippen molar-refractivity contribution in [2.24, 2.45) is 0 Å². The Labute approximate surface area is 68.1 Å². The summed E-state index contributed by atoms with van der Waals surface area (Å²) in [5, 5.41) is 0. The summed E-state index contributed by atoms with van der Waals surface area (Å²) in [6.07, 6.45) is 2.04. The topological polar surface area (TPSA) is 6.48 Å². The molecule has 11 heavy (non-hydrogen) atoms. The van der Waals surface area contributed by atoms with Gasteiger partial charge in [0.2, 0.25) is 0 Å². The predicted molar refractivity (Wildman–Crippen MR) is 47.6 cm³/mol. The highest BCUT2D eigenvalue weighted by Crippen LogP contribution is 2.22. The van der Waals surface area contributed by atoms with Crippen LogP contribution in [0.25, 0.3) is 0 Å². The van der Waals surface area contributed by atoms with Crippen molar-refractivity contribution in [3.05, 3.63) is 36.4 Å². The smallest absolute Gasteiger partial charge is 0.105 e. The average molecular weight is 150 g/mol. The van der Waals surface area contributed by atoms with Crippen LogP contribution < -0.4 is 0 Å². The molecule has 2 heteroatoms. The van der Waals surface area contributed by atoms with E-state index in [0.717, 1.165) is 11.5 Å². The monoisotopic (exact) mass is 150 g/mol. The molecule has 0 fully saturated rings. The van der Waals surface area contributed by atoms with Crippen molar-refractivity contribution in [3.63, 3.8) is 0 Å². The van der Waals surface area contributed by atoms with Gasteiger partial charge in [0.15, 0.2) is 0 Å². The van der Waals surface area contributed by atoms with Gasteiger partial charge in [-0.2, -0.15) is 0 Å². The maximum atomic E-state index is 3.93. The quantitative estimate of drug-likeness (QED) is 0.519. The second-order valence-electron chi connectivity index (χ2n) is 2.81. The van der Waals surface area contributed by atoms with Gasteiger partial charge in [-0.3, -0.25) is 0 Å². The summed E-state index contributed by atoms with van der Waals surface area (Å²) < 4.78 is 0. The minimum absolute atomic E-state index is 0.968. The van der Waals surface area contributed by atoms with Crippen LogP contribution >= 0.6 is 0 Å². The molecule has 0 unspecified atom stereocenters. The fourth-order valence-corrected chi connectivity index (χ4v) is 1.03. The second kappa shape index (κ2) is 2.46. The molecule has 0 saturated carbocycles. The highest BCUT2D eigenvalue weighted by Gasteiger charge is 2.15. The standard InChI is InChI=1S/C9H14N2/c1-7-6-8(2)11(5)9(3)10(7)4/h6H,1,3H2,2,4-5H3. The van der Waals surface area contributed by atoms with Gasteiger partial charge in [-0.15, -0.1) is 0 Å². The van der Waals surface area contributed by atoms with E-state index in [2.05, 4.69) is 13.2 Å². The van der Waals surface area contributed by atoms with Crippen molar-refractivity contribution in [1.29, 1.82) is 0 Å². The molecule has 1 heterocycles. The number of hydrogen-bond donors (Lipinski definition) is 0. The molecular weight excluding hydrogens is 136 g/mol. The molecule has 0 bridgehead atoms. The Hall–Kier alpha value is -1.18. The van der Waals surface area contributed by atoms with Gasteiger partial charge in [-0.25, -0.2) is 0 Å². The van der Waals surface area contributed by atoms with Crippen LogP contribution in [0.5, 0.6) is 0 Å². The fourth-order valence-electron chi connectivity index (χ4n) is 1.03. The molecule has 1 rings (SSSR count). The highest BCUT2D eigenvalue weighted by molar-refractivity contribution is 5.28. The van der Waals surface area contributed by atoms with Crippen LogP contribution in [0.15, 0.2) is 36.4 Å². The van der Waals surface area contributed by atoms with E-state index in [1.165, 1.54) is 5.70 Å². The molecule has 1 aliphatic heterocycles. The van der Waals surface area contributed by atoms with Crippen LogP contribution in [-0.4, -0.2) is 23.9 Å². The first-order valence-corrected chi connectivity index (χ1v) is 3.57. The van der Waals surface area contributed by atoms with E-state index in [0.29, 0.717) is 0 Å². The maximum absolute atomic E-state index is 3.93. The molecule has 60 valence electrons. The SMILES string of the molecule is C=C1C=C(C)N(C)C(=C)N1C. The summed E-state index contributed by atoms with van der Waals surface area (Å²) in [7, 11) is 3.96. The zero-order chi connectivity index (χ0) is 8.59. The van der Waals surface area contributed by atoms with Gasteiger partial charge in [-0.1, -0.05) is 13.2 Å². The summed E-state index contributed by atoms with van der Waals surface area (Å²) >= 11 is 0. The van der Waals surface area contributed by atoms with Crippen LogP contribution in [0.4, 0.5) is 0 Å². The Kier molecular flexibility index (Phi) is 1.77. The van der Waals surface area contributed by atoms with Crippen molar-refractivity contribution in [3.8, 4) is 0 Å². The van der Waals surface area contributed by atoms with E-state index in [-0.39, 0.29) is 0 Å². The molecule has 0 radical (unpaired) electrons. The second-order valence-corrected chi connectivity index (χ2v) is 2.81. The molecule has 0 spiro atoms. The molecule has 0 aliphatic carbocycles. The zero-order valence-electron chi connectivity index (χ0n) is 7.39. The van der Waals surface area contributed by atoms with Crippen molar-refractivity contribution < 1.29 is 0 Å². The molecule has 0 amide bonds. The van der Waals surface area contributed by atoms with Crippen molar-refractivity contribution in [2.75, 3.05) is 14.1 Å². The van der Waals surface area contributed by atoms with Crippen molar-refractivity contribution in [1.82, 2.24) is 9.80 Å². The van der Waals surface area contributed by atoms with Crippen LogP contribution in [0.3, 0.4) is 0 Å². The summed E-state index contributed by atoms with van der Waals surface area (Å²) in [5.41, 5.74) is 2.17. The Morgan fingerprint density at radius 3 is 2.27 bits per heavy atom. The van der Waals surface area contributed by atoms with Gasteiger partial charge in [0.1, 0.15) is 5.82 Å². The highest BCUT2D eigenvalue weighted by atomic mass is 15.3. The Morgan fingerprint density at radius 2 is 1.73 bits per heavy atom. The van der Waals surface area contributed by atoms with Gasteiger partial charge in [0, 0.05) is 25.5 Å². The Morgan fingerprint density at radius 1 is 1.18 bits per heavy atom. The summed E-state index contributed by atoms with van der Waals surface area (Å²) in [5.74, 6) is 0.968. The van der Waals surface area contributed by atoms with E-state index in [1.54, 1.807) is 0 Å². The number of nitrogens with zero attached hydrogens (tertiary/aromatic N) is 2. The third-order valence-corrected chi connectivity index (χ3v) is 2.11. The normalized spacial score (nSPS) is 19.0. The molecule has 0 atom stereocenters. The first-order valence-electron chi connectivity index (χ1n) is 3.57. The molecular formula is C9H14N2. The summed E-state index contributed by atoms with van der Waals surface area (Å²) in [6, 6.07) is 0. The maximum Gasteiger partial charge on any atom is 0.105 e. The third-order valence-electron chi connectivity index (χ3n) is 2.11. The molecule has 2 nitrogen and oxygen atoms in total. The molecule has 0 N–H and O–H groups in total. The number of likely N-dealkylation sites (N-methyl/N-ethyl adjacent to an activating group) is 1. The van der Waals surface area contributed by atoms with Crippen LogP contribution in [0.2, 0.25) is 0 Å². The molecule has 0 saturated heterocycles. The van der Waals surface area contributed by atoms with E-state index in [4.69, 9.17) is 0 Å². The van der Waals surface area contributed by atoms with E-state index in [1.807, 2.05) is 36.9 Å². The van der Waals surface area contributed by atoms with E-state index < -0.39 is 0 Å². The minimum Gasteiger partial charge on any atom is -0.335 e. The first-order chi connectivity index (χ1) is 5.04. The zero-order valence-corrected chi connectivity index (χ0v) is 7.39. The Bertz CT molecular complexity index is 238. The predicted octanol–water partition coefficient (Wildman–Crippen LogP) is 1.75. The van der Waals surface area contributed by atoms with Crippen molar-refractivity contribution >= 4 is 0 Å². The van der Waals surface area contributed by atoms with Gasteiger partial charge < -0.3 is 9.80 Å². The first kappa shape index (κ1) is 7.92. The third kappa shape index (κ3) is 1.16. The van der Waals surface area contributed by atoms with Gasteiger partial charge in [0.05, 0.1) is 0 Å². The van der Waals surface area contributed by atoms with Crippen LogP contribution in [0, 0.1) is 0 Å². The number of rotatable bonds is 0. The lowest BCUT2D eigenvalue weighted by molar-refractivity contribution is 0.344. The lowest BCUT2D eigenvalue weighted by atomic mass is 10.2. The van der Waals surface area contributed by atoms with E-state index in [9.17, 15) is 0 Å². The van der Waals surface area contributed by atoms with Crippen LogP contribution in [0.1, 0.15) is 6.92 Å². The molecule has 0 aromatic carbocycles. The fraction of sp³-hybridized carbons (Fsp3) is 0.333. The van der Waals surface area contributed by atoms with Crippen molar-refractivity contribution in [2.45, 2.75) is 6.92 Å². The number of allylic oxidation sites excluding steroid dienone is 2. The summed E-state index contributed by atoms with van der Waals surface area (Å²) in [4.78, 5) is 4.00. The van der Waals surface area contributed by atoms with Gasteiger partial charge in [-0.05, 0) is 13.0 Å². The lowest BCUT2D eigenvalue weighted by Crippen LogP contribution is -2.31. The Balaban J connectivity index is 3.01. The largest absolute Gasteiger partial charge is 0.335 e. The molecule has 0 aromatic rings. The van der Waals surface area contributed by atoms with Gasteiger partial charge in [0.25, 0.3) is 0 Å². The summed E-state index contributed by atoms with van der Waals surface area (Å²) in [6.45, 7) is 9.86. The average Bonchev–Trinajstić information content (AvgIpc) is 1.97. The molecule has 1 aliphatic rings. The lowest BCUT2D eigenvalue weighted by Gasteiger charge is -2.35. The molecule has 0 aromatic heterocycles. The number of hydrogen-bond acceptors (Lipinski definition) is 2. The minimum atomic E-state index is 0.968.